The van der Waals surface area contributed by atoms with Crippen molar-refractivity contribution in [3.8, 4) is 28.4 Å². The summed E-state index contributed by atoms with van der Waals surface area (Å²) in [6.07, 6.45) is 3.78. The van der Waals surface area contributed by atoms with Crippen LogP contribution in [-0.4, -0.2) is 48.8 Å². The number of aryl methyl sites for hydroxylation is 3. The molecule has 3 N–H and O–H groups in total. The van der Waals surface area contributed by atoms with Crippen LogP contribution in [0.2, 0.25) is 0 Å². The van der Waals surface area contributed by atoms with Gasteiger partial charge in [0.25, 0.3) is 0 Å². The topological polar surface area (TPSA) is 142 Å². The molecule has 12 heteroatoms. The van der Waals surface area contributed by atoms with Crippen LogP contribution in [0.15, 0.2) is 52.1 Å². The number of aromatic nitrogens is 2. The van der Waals surface area contributed by atoms with Crippen LogP contribution in [0.3, 0.4) is 0 Å². The van der Waals surface area contributed by atoms with E-state index in [1.165, 1.54) is 6.92 Å². The van der Waals surface area contributed by atoms with Crippen molar-refractivity contribution >= 4 is 34.2 Å². The largest absolute Gasteiger partial charge is 0.493 e. The zero-order valence-electron chi connectivity index (χ0n) is 28.3. The second kappa shape index (κ2) is 14.7. The molecule has 1 heterocycles. The predicted molar refractivity (Wildman–Crippen MR) is 186 cm³/mol. The van der Waals surface area contributed by atoms with Crippen molar-refractivity contribution in [1.82, 2.24) is 14.5 Å². The standard InChI is InChI=1S/C36H43N5O7/c1-21(42)38-26-14-11-22-18-31(46-4)34(47-5)35(48-6)33(22)24-13-15-27(30(43)20-25(24)26)37-17-9-7-8-10-32(44)39-23-12-16-28-29(19-23)41(3)36(45)40(28)2/h12-13,15-16,18-20,26H,7-11,14,17H2,1-6H3,(H,37,43)(H,38,42)(H,39,44). The van der Waals surface area contributed by atoms with Gasteiger partial charge < -0.3 is 30.2 Å². The van der Waals surface area contributed by atoms with Crippen LogP contribution in [0.4, 0.5) is 11.4 Å². The van der Waals surface area contributed by atoms with Crippen LogP contribution in [0.1, 0.15) is 56.2 Å². The van der Waals surface area contributed by atoms with Gasteiger partial charge in [0.1, 0.15) is 0 Å². The summed E-state index contributed by atoms with van der Waals surface area (Å²) < 4.78 is 20.2. The number of rotatable bonds is 12. The number of imidazole rings is 1. The zero-order valence-corrected chi connectivity index (χ0v) is 28.3. The van der Waals surface area contributed by atoms with E-state index in [0.29, 0.717) is 66.4 Å². The number of hydrogen-bond acceptors (Lipinski definition) is 8. The summed E-state index contributed by atoms with van der Waals surface area (Å²) >= 11 is 0. The van der Waals surface area contributed by atoms with Gasteiger partial charge in [-0.1, -0.05) is 12.5 Å². The van der Waals surface area contributed by atoms with E-state index in [0.717, 1.165) is 40.6 Å². The summed E-state index contributed by atoms with van der Waals surface area (Å²) in [5.74, 6) is 1.21. The number of carbonyl (C=O) groups is 2. The maximum atomic E-state index is 13.5. The number of amides is 2. The minimum Gasteiger partial charge on any atom is -0.493 e. The Kier molecular flexibility index (Phi) is 10.4. The molecule has 2 amide bonds. The summed E-state index contributed by atoms with van der Waals surface area (Å²) in [5, 5.41) is 9.22. The molecular formula is C36H43N5O7. The molecule has 0 saturated heterocycles. The summed E-state index contributed by atoms with van der Waals surface area (Å²) in [7, 11) is 8.12. The number of anilines is 2. The molecule has 1 atom stereocenters. The maximum absolute atomic E-state index is 13.5. The molecule has 12 nitrogen and oxygen atoms in total. The van der Waals surface area contributed by atoms with Gasteiger partial charge in [0, 0.05) is 45.2 Å². The summed E-state index contributed by atoms with van der Waals surface area (Å²) in [4.78, 5) is 50.5. The quantitative estimate of drug-likeness (QED) is 0.187. The van der Waals surface area contributed by atoms with Gasteiger partial charge in [-0.25, -0.2) is 4.79 Å². The number of ether oxygens (including phenoxy) is 3. The van der Waals surface area contributed by atoms with E-state index in [-0.39, 0.29) is 29.0 Å². The van der Waals surface area contributed by atoms with E-state index in [2.05, 4.69) is 16.0 Å². The van der Waals surface area contributed by atoms with E-state index in [4.69, 9.17) is 14.2 Å². The van der Waals surface area contributed by atoms with Gasteiger partial charge in [-0.3, -0.25) is 23.5 Å². The van der Waals surface area contributed by atoms with Crippen LogP contribution >= 0.6 is 0 Å². The lowest BCUT2D eigenvalue weighted by molar-refractivity contribution is -0.119. The van der Waals surface area contributed by atoms with Crippen molar-refractivity contribution in [1.29, 1.82) is 0 Å². The lowest BCUT2D eigenvalue weighted by atomic mass is 9.95. The van der Waals surface area contributed by atoms with Crippen LogP contribution in [-0.2, 0) is 30.1 Å². The summed E-state index contributed by atoms with van der Waals surface area (Å²) in [6.45, 7) is 2.01. The number of fused-ring (bicyclic) bond motifs is 4. The maximum Gasteiger partial charge on any atom is 0.328 e. The van der Waals surface area contributed by atoms with E-state index >= 15 is 0 Å². The van der Waals surface area contributed by atoms with Crippen LogP contribution in [0, 0.1) is 0 Å². The average molecular weight is 658 g/mol. The van der Waals surface area contributed by atoms with E-state index in [1.54, 1.807) is 68.8 Å². The predicted octanol–water partition coefficient (Wildman–Crippen LogP) is 4.66. The molecule has 0 bridgehead atoms. The Hall–Kier alpha value is -5.26. The number of carbonyl (C=O) groups excluding carboxylic acids is 2. The minimum absolute atomic E-state index is 0.0969. The Bertz CT molecular complexity index is 1980. The van der Waals surface area contributed by atoms with Gasteiger partial charge in [0.05, 0.1) is 44.1 Å². The first-order valence-corrected chi connectivity index (χ1v) is 16.0. The van der Waals surface area contributed by atoms with Crippen molar-refractivity contribution < 1.29 is 23.8 Å². The molecule has 254 valence electrons. The van der Waals surface area contributed by atoms with Gasteiger partial charge in [-0.05, 0) is 78.8 Å². The number of nitrogens with zero attached hydrogens (tertiary/aromatic N) is 2. The molecule has 1 unspecified atom stereocenters. The molecule has 0 radical (unpaired) electrons. The molecular weight excluding hydrogens is 614 g/mol. The molecule has 0 aliphatic heterocycles. The second-order valence-electron chi connectivity index (χ2n) is 12.0. The lowest BCUT2D eigenvalue weighted by Gasteiger charge is -2.19. The van der Waals surface area contributed by atoms with Gasteiger partial charge >= 0.3 is 5.69 Å². The fourth-order valence-electron chi connectivity index (χ4n) is 6.47. The van der Waals surface area contributed by atoms with Gasteiger partial charge in [-0.2, -0.15) is 0 Å². The number of methoxy groups -OCH3 is 3. The fraction of sp³-hybridized carbons (Fsp3) is 0.389. The highest BCUT2D eigenvalue weighted by Gasteiger charge is 2.29. The fourth-order valence-corrected chi connectivity index (χ4v) is 6.47. The summed E-state index contributed by atoms with van der Waals surface area (Å²) in [5.41, 5.74) is 5.55. The van der Waals surface area contributed by atoms with Crippen LogP contribution < -0.4 is 41.3 Å². The highest BCUT2D eigenvalue weighted by molar-refractivity contribution is 5.93. The Morgan fingerprint density at radius 2 is 1.62 bits per heavy atom. The molecule has 0 fully saturated rings. The molecule has 5 rings (SSSR count). The first-order valence-electron chi connectivity index (χ1n) is 16.0. The Morgan fingerprint density at radius 1 is 0.875 bits per heavy atom. The number of benzene rings is 2. The number of hydrogen-bond donors (Lipinski definition) is 3. The van der Waals surface area contributed by atoms with Crippen LogP contribution in [0.5, 0.6) is 17.2 Å². The molecule has 1 aromatic heterocycles. The third kappa shape index (κ3) is 6.87. The monoisotopic (exact) mass is 657 g/mol. The third-order valence-corrected chi connectivity index (χ3v) is 8.87. The third-order valence-electron chi connectivity index (χ3n) is 8.87. The van der Waals surface area contributed by atoms with Gasteiger partial charge in [0.2, 0.25) is 23.0 Å². The van der Waals surface area contributed by atoms with E-state index < -0.39 is 0 Å². The van der Waals surface area contributed by atoms with Crippen LogP contribution in [0.25, 0.3) is 22.2 Å². The first-order chi connectivity index (χ1) is 23.1. The van der Waals surface area contributed by atoms with E-state index in [1.807, 2.05) is 18.2 Å². The SMILES string of the molecule is COc1cc2c(c(OC)c1OC)-c1ccc(NCCCCCC(=O)Nc3ccc4c(c3)n(C)c(=O)n4C)c(=O)cc1C(NC(C)=O)CC2. The highest BCUT2D eigenvalue weighted by atomic mass is 16.5. The molecule has 0 saturated carbocycles. The molecule has 48 heavy (non-hydrogen) atoms. The van der Waals surface area contributed by atoms with Crippen molar-refractivity contribution in [3.05, 3.63) is 74.3 Å². The molecule has 0 spiro atoms. The zero-order chi connectivity index (χ0) is 34.5. The smallest absolute Gasteiger partial charge is 0.328 e. The second-order valence-corrected chi connectivity index (χ2v) is 12.0. The highest BCUT2D eigenvalue weighted by Crippen LogP contribution is 2.50. The molecule has 3 aromatic carbocycles. The first kappa shape index (κ1) is 34.1. The van der Waals surface area contributed by atoms with E-state index in [9.17, 15) is 19.2 Å². The van der Waals surface area contributed by atoms with Gasteiger partial charge in [-0.15, -0.1) is 0 Å². The average Bonchev–Trinajstić information content (AvgIpc) is 3.18. The molecule has 1 aliphatic carbocycles. The lowest BCUT2D eigenvalue weighted by Crippen LogP contribution is -2.26. The van der Waals surface area contributed by atoms with Gasteiger partial charge in [0.15, 0.2) is 11.5 Å². The Morgan fingerprint density at radius 3 is 2.33 bits per heavy atom. The Balaban J connectivity index is 1.27. The molecule has 1 aliphatic rings. The minimum atomic E-state index is -0.382. The number of nitrogens with one attached hydrogen (secondary N) is 3. The summed E-state index contributed by atoms with van der Waals surface area (Å²) in [6, 6.07) is 12.2. The Labute approximate surface area is 279 Å². The van der Waals surface area contributed by atoms with Crippen molar-refractivity contribution in [2.45, 2.75) is 51.5 Å². The normalized spacial score (nSPS) is 13.6. The van der Waals surface area contributed by atoms with Crippen molar-refractivity contribution in [2.75, 3.05) is 38.5 Å². The van der Waals surface area contributed by atoms with Crippen molar-refractivity contribution in [2.24, 2.45) is 14.1 Å². The number of unbranched alkanes of at least 4 members (excludes halogenated alkanes) is 2. The molecule has 4 aromatic rings. The van der Waals surface area contributed by atoms with Crippen molar-refractivity contribution in [3.63, 3.8) is 0 Å².